The standard InChI is InChI=1S/C30H33NO6/c1-30(2,3)37-29(34)31(18-20-8-6-5-7-9-20)19-24-13-10-23-16-21(12-15-27(23)36-24)22-11-14-25(26(32)17-22)28(33)35-4/h5-9,11-12,14-17,24,32H,10,13,18-19H2,1-4H3. The molecular weight excluding hydrogens is 470 g/mol. The molecule has 1 aliphatic heterocycles. The van der Waals surface area contributed by atoms with E-state index >= 15 is 0 Å². The summed E-state index contributed by atoms with van der Waals surface area (Å²) in [6, 6.07) is 20.6. The van der Waals surface area contributed by atoms with E-state index in [1.54, 1.807) is 23.1 Å². The van der Waals surface area contributed by atoms with Crippen LogP contribution in [0.1, 0.15) is 48.7 Å². The number of phenolic OH excluding ortho intramolecular Hbond substituents is 1. The summed E-state index contributed by atoms with van der Waals surface area (Å²) in [5.41, 5.74) is 3.31. The van der Waals surface area contributed by atoms with Crippen LogP contribution in [-0.4, -0.2) is 47.4 Å². The van der Waals surface area contributed by atoms with E-state index in [4.69, 9.17) is 14.2 Å². The molecule has 1 N–H and O–H groups in total. The normalized spacial score (nSPS) is 14.8. The second kappa shape index (κ2) is 10.9. The molecule has 7 heteroatoms. The fourth-order valence-corrected chi connectivity index (χ4v) is 4.33. The number of aromatic hydroxyl groups is 1. The van der Waals surface area contributed by atoms with E-state index in [9.17, 15) is 14.7 Å². The third-order valence-corrected chi connectivity index (χ3v) is 6.12. The van der Waals surface area contributed by atoms with Gasteiger partial charge in [-0.1, -0.05) is 42.5 Å². The summed E-state index contributed by atoms with van der Waals surface area (Å²) in [6.45, 7) is 6.43. The van der Waals surface area contributed by atoms with Crippen molar-refractivity contribution >= 4 is 12.1 Å². The average Bonchev–Trinajstić information content (AvgIpc) is 2.87. The first-order valence-corrected chi connectivity index (χ1v) is 12.4. The van der Waals surface area contributed by atoms with Gasteiger partial charge in [-0.25, -0.2) is 9.59 Å². The van der Waals surface area contributed by atoms with Crippen molar-refractivity contribution in [1.82, 2.24) is 4.90 Å². The SMILES string of the molecule is COC(=O)c1ccc(-c2ccc3c(c2)CCC(CN(Cc2ccccc2)C(=O)OC(C)(C)C)O3)cc1O. The van der Waals surface area contributed by atoms with Gasteiger partial charge in [0.05, 0.1) is 13.7 Å². The van der Waals surface area contributed by atoms with Crippen LogP contribution in [0, 0.1) is 0 Å². The first kappa shape index (κ1) is 26.1. The zero-order valence-electron chi connectivity index (χ0n) is 21.7. The van der Waals surface area contributed by atoms with Crippen LogP contribution in [0.3, 0.4) is 0 Å². The molecule has 0 saturated carbocycles. The molecule has 194 valence electrons. The topological polar surface area (TPSA) is 85.3 Å². The predicted molar refractivity (Wildman–Crippen MR) is 141 cm³/mol. The minimum absolute atomic E-state index is 0.125. The molecule has 37 heavy (non-hydrogen) atoms. The summed E-state index contributed by atoms with van der Waals surface area (Å²) < 4.78 is 16.7. The number of aryl methyl sites for hydroxylation is 1. The number of phenols is 1. The molecule has 1 heterocycles. The van der Waals surface area contributed by atoms with Crippen molar-refractivity contribution in [1.29, 1.82) is 0 Å². The van der Waals surface area contributed by atoms with Gasteiger partial charge in [-0.05, 0) is 80.1 Å². The van der Waals surface area contributed by atoms with Crippen molar-refractivity contribution in [3.8, 4) is 22.6 Å². The van der Waals surface area contributed by atoms with Gasteiger partial charge in [-0.15, -0.1) is 0 Å². The number of carbonyl (C=O) groups excluding carboxylic acids is 2. The second-order valence-electron chi connectivity index (χ2n) is 10.2. The molecule has 4 rings (SSSR count). The summed E-state index contributed by atoms with van der Waals surface area (Å²) >= 11 is 0. The molecule has 1 aliphatic rings. The maximum absolute atomic E-state index is 13.0. The van der Waals surface area contributed by atoms with Crippen LogP contribution in [0.25, 0.3) is 11.1 Å². The molecule has 0 aliphatic carbocycles. The quantitative estimate of drug-likeness (QED) is 0.417. The Morgan fingerprint density at radius 3 is 2.41 bits per heavy atom. The molecule has 0 radical (unpaired) electrons. The minimum Gasteiger partial charge on any atom is -0.507 e. The third kappa shape index (κ3) is 6.61. The van der Waals surface area contributed by atoms with E-state index in [1.165, 1.54) is 7.11 Å². The third-order valence-electron chi connectivity index (χ3n) is 6.12. The highest BCUT2D eigenvalue weighted by molar-refractivity contribution is 5.93. The van der Waals surface area contributed by atoms with Gasteiger partial charge < -0.3 is 24.2 Å². The van der Waals surface area contributed by atoms with Crippen LogP contribution in [0.15, 0.2) is 66.7 Å². The van der Waals surface area contributed by atoms with Crippen molar-refractivity contribution in [3.05, 3.63) is 83.4 Å². The van der Waals surface area contributed by atoms with E-state index in [1.807, 2.05) is 69.3 Å². The van der Waals surface area contributed by atoms with E-state index < -0.39 is 11.6 Å². The van der Waals surface area contributed by atoms with Crippen LogP contribution in [0.4, 0.5) is 4.79 Å². The Labute approximate surface area is 217 Å². The van der Waals surface area contributed by atoms with Gasteiger partial charge in [-0.2, -0.15) is 0 Å². The van der Waals surface area contributed by atoms with Gasteiger partial charge in [-0.3, -0.25) is 0 Å². The first-order chi connectivity index (χ1) is 17.6. The molecule has 0 spiro atoms. The van der Waals surface area contributed by atoms with Gasteiger partial charge in [0.15, 0.2) is 0 Å². The summed E-state index contributed by atoms with van der Waals surface area (Å²) in [5.74, 6) is 0.0694. The smallest absolute Gasteiger partial charge is 0.410 e. The zero-order chi connectivity index (χ0) is 26.6. The Morgan fingerprint density at radius 1 is 1.03 bits per heavy atom. The molecule has 3 aromatic carbocycles. The second-order valence-corrected chi connectivity index (χ2v) is 10.2. The van der Waals surface area contributed by atoms with Crippen molar-refractivity contribution < 1.29 is 28.9 Å². The number of rotatable bonds is 6. The molecule has 0 fully saturated rings. The summed E-state index contributed by atoms with van der Waals surface area (Å²) in [7, 11) is 1.28. The maximum Gasteiger partial charge on any atom is 0.410 e. The van der Waals surface area contributed by atoms with Crippen molar-refractivity contribution in [2.45, 2.75) is 51.9 Å². The Hall–Kier alpha value is -4.00. The lowest BCUT2D eigenvalue weighted by Crippen LogP contribution is -2.43. The van der Waals surface area contributed by atoms with E-state index in [-0.39, 0.29) is 23.5 Å². The number of nitrogens with zero attached hydrogens (tertiary/aromatic N) is 1. The maximum atomic E-state index is 13.0. The molecule has 3 aromatic rings. The predicted octanol–water partition coefficient (Wildman–Crippen LogP) is 5.98. The number of hydrogen-bond acceptors (Lipinski definition) is 6. The van der Waals surface area contributed by atoms with Crippen LogP contribution < -0.4 is 4.74 Å². The van der Waals surface area contributed by atoms with Gasteiger partial charge >= 0.3 is 12.1 Å². The Kier molecular flexibility index (Phi) is 7.71. The molecule has 0 bridgehead atoms. The summed E-state index contributed by atoms with van der Waals surface area (Å²) in [4.78, 5) is 26.5. The lowest BCUT2D eigenvalue weighted by Gasteiger charge is -2.33. The fourth-order valence-electron chi connectivity index (χ4n) is 4.33. The highest BCUT2D eigenvalue weighted by Crippen LogP contribution is 2.34. The lowest BCUT2D eigenvalue weighted by molar-refractivity contribution is 0.0133. The number of amides is 1. The monoisotopic (exact) mass is 503 g/mol. The van der Waals surface area contributed by atoms with Crippen LogP contribution in [-0.2, 0) is 22.4 Å². The molecular formula is C30H33NO6. The summed E-state index contributed by atoms with van der Waals surface area (Å²) in [5, 5.41) is 10.3. The van der Waals surface area contributed by atoms with Gasteiger partial charge in [0.1, 0.15) is 28.8 Å². The number of ether oxygens (including phenoxy) is 3. The Bertz CT molecular complexity index is 1260. The molecule has 1 unspecified atom stereocenters. The number of benzene rings is 3. The lowest BCUT2D eigenvalue weighted by atomic mass is 9.96. The molecule has 0 aromatic heterocycles. The van der Waals surface area contributed by atoms with Crippen molar-refractivity contribution in [3.63, 3.8) is 0 Å². The Morgan fingerprint density at radius 2 is 1.73 bits per heavy atom. The fraction of sp³-hybridized carbons (Fsp3) is 0.333. The zero-order valence-corrected chi connectivity index (χ0v) is 21.7. The first-order valence-electron chi connectivity index (χ1n) is 12.4. The average molecular weight is 504 g/mol. The largest absolute Gasteiger partial charge is 0.507 e. The van der Waals surface area contributed by atoms with E-state index in [0.29, 0.717) is 13.1 Å². The van der Waals surface area contributed by atoms with Gasteiger partial charge in [0.25, 0.3) is 0 Å². The number of esters is 1. The van der Waals surface area contributed by atoms with E-state index in [2.05, 4.69) is 0 Å². The highest BCUT2D eigenvalue weighted by atomic mass is 16.6. The number of carbonyl (C=O) groups is 2. The van der Waals surface area contributed by atoms with Crippen LogP contribution in [0.2, 0.25) is 0 Å². The van der Waals surface area contributed by atoms with Crippen molar-refractivity contribution in [2.75, 3.05) is 13.7 Å². The summed E-state index contributed by atoms with van der Waals surface area (Å²) in [6.07, 6.45) is 0.999. The number of hydrogen-bond donors (Lipinski definition) is 1. The van der Waals surface area contributed by atoms with E-state index in [0.717, 1.165) is 40.8 Å². The molecule has 1 amide bonds. The van der Waals surface area contributed by atoms with Crippen LogP contribution in [0.5, 0.6) is 11.5 Å². The van der Waals surface area contributed by atoms with Gasteiger partial charge in [0, 0.05) is 6.54 Å². The van der Waals surface area contributed by atoms with Crippen molar-refractivity contribution in [2.24, 2.45) is 0 Å². The number of methoxy groups -OCH3 is 1. The molecule has 7 nitrogen and oxygen atoms in total. The van der Waals surface area contributed by atoms with Gasteiger partial charge in [0.2, 0.25) is 0 Å². The Balaban J connectivity index is 1.49. The highest BCUT2D eigenvalue weighted by Gasteiger charge is 2.28. The molecule has 0 saturated heterocycles. The van der Waals surface area contributed by atoms with Crippen LogP contribution >= 0.6 is 0 Å². The molecule has 1 atom stereocenters. The minimum atomic E-state index is -0.591. The number of fused-ring (bicyclic) bond motifs is 1.